The molecule has 1 aliphatic heterocycles. The number of H-pyrrole nitrogens is 1. The van der Waals surface area contributed by atoms with Crippen molar-refractivity contribution in [1.82, 2.24) is 34.9 Å². The summed E-state index contributed by atoms with van der Waals surface area (Å²) in [4.78, 5) is 2.55. The molecule has 0 bridgehead atoms. The van der Waals surface area contributed by atoms with Crippen molar-refractivity contribution in [3.63, 3.8) is 0 Å². The molecule has 0 spiro atoms. The molecule has 2 aliphatic rings. The van der Waals surface area contributed by atoms with Crippen LogP contribution in [0.2, 0.25) is 0 Å². The zero-order valence-electron chi connectivity index (χ0n) is 17.0. The third kappa shape index (κ3) is 3.32. The van der Waals surface area contributed by atoms with Gasteiger partial charge in [-0.3, -0.25) is 10.00 Å². The van der Waals surface area contributed by atoms with Crippen LogP contribution in [0.25, 0.3) is 5.65 Å². The summed E-state index contributed by atoms with van der Waals surface area (Å²) < 4.78 is 1.97. The van der Waals surface area contributed by atoms with Crippen molar-refractivity contribution in [2.24, 2.45) is 0 Å². The van der Waals surface area contributed by atoms with Crippen LogP contribution in [0.15, 0.2) is 18.3 Å². The Labute approximate surface area is 165 Å². The van der Waals surface area contributed by atoms with E-state index in [0.29, 0.717) is 5.92 Å². The molecule has 2 fully saturated rings. The molecule has 0 unspecified atom stereocenters. The van der Waals surface area contributed by atoms with Gasteiger partial charge in [-0.2, -0.15) is 14.7 Å². The molecule has 7 heteroatoms. The Kier molecular flexibility index (Phi) is 4.23. The van der Waals surface area contributed by atoms with Crippen LogP contribution in [-0.2, 0) is 12.0 Å². The third-order valence-electron chi connectivity index (χ3n) is 6.14. The molecule has 0 atom stereocenters. The zero-order chi connectivity index (χ0) is 19.3. The van der Waals surface area contributed by atoms with Crippen LogP contribution in [0.3, 0.4) is 0 Å². The number of hydrogen-bond acceptors (Lipinski definition) is 5. The Morgan fingerprint density at radius 3 is 2.54 bits per heavy atom. The number of fused-ring (bicyclic) bond motifs is 1. The molecular formula is C21H29N7. The van der Waals surface area contributed by atoms with E-state index in [2.05, 4.69) is 52.1 Å². The molecule has 1 saturated heterocycles. The molecular weight excluding hydrogens is 350 g/mol. The van der Waals surface area contributed by atoms with Crippen LogP contribution in [0, 0.1) is 0 Å². The first-order valence-corrected chi connectivity index (χ1v) is 10.5. The van der Waals surface area contributed by atoms with Gasteiger partial charge >= 0.3 is 0 Å². The Morgan fingerprint density at radius 1 is 1.04 bits per heavy atom. The average molecular weight is 380 g/mol. The van der Waals surface area contributed by atoms with E-state index in [-0.39, 0.29) is 5.41 Å². The van der Waals surface area contributed by atoms with Gasteiger partial charge in [-0.05, 0) is 50.9 Å². The van der Waals surface area contributed by atoms with E-state index in [9.17, 15) is 0 Å². The van der Waals surface area contributed by atoms with E-state index in [4.69, 9.17) is 5.10 Å². The fourth-order valence-corrected chi connectivity index (χ4v) is 4.22. The van der Waals surface area contributed by atoms with Crippen LogP contribution in [0.1, 0.15) is 81.1 Å². The van der Waals surface area contributed by atoms with Crippen molar-refractivity contribution >= 4 is 5.65 Å². The Morgan fingerprint density at radius 2 is 1.82 bits per heavy atom. The minimum Gasteiger partial charge on any atom is -0.299 e. The number of aromatic amines is 1. The topological polar surface area (TPSA) is 75.0 Å². The quantitative estimate of drug-likeness (QED) is 0.752. The summed E-state index contributed by atoms with van der Waals surface area (Å²) in [5, 5.41) is 21.2. The number of nitrogens with one attached hydrogen (secondary N) is 1. The van der Waals surface area contributed by atoms with Crippen molar-refractivity contribution in [2.45, 2.75) is 70.3 Å². The lowest BCUT2D eigenvalue weighted by atomic mass is 9.92. The van der Waals surface area contributed by atoms with Gasteiger partial charge in [-0.25, -0.2) is 0 Å². The maximum absolute atomic E-state index is 4.87. The normalized spacial score (nSPS) is 19.5. The maximum atomic E-state index is 4.87. The van der Waals surface area contributed by atoms with Crippen LogP contribution < -0.4 is 0 Å². The Balaban J connectivity index is 1.29. The highest BCUT2D eigenvalue weighted by atomic mass is 15.4. The molecule has 5 rings (SSSR count). The lowest BCUT2D eigenvalue weighted by molar-refractivity contribution is 0.200. The van der Waals surface area contributed by atoms with Gasteiger partial charge in [0.15, 0.2) is 11.5 Å². The number of nitrogens with zero attached hydrogens (tertiary/aromatic N) is 6. The summed E-state index contributed by atoms with van der Waals surface area (Å²) in [6.07, 6.45) is 6.82. The molecule has 0 aromatic carbocycles. The second kappa shape index (κ2) is 6.65. The Bertz CT molecular complexity index is 968. The molecule has 3 aromatic heterocycles. The molecule has 1 aliphatic carbocycles. The number of aromatic nitrogens is 6. The molecule has 148 valence electrons. The first-order chi connectivity index (χ1) is 13.5. The summed E-state index contributed by atoms with van der Waals surface area (Å²) in [5.74, 6) is 2.16. The van der Waals surface area contributed by atoms with Crippen LogP contribution >= 0.6 is 0 Å². The van der Waals surface area contributed by atoms with Gasteiger partial charge in [-0.15, -0.1) is 10.2 Å². The van der Waals surface area contributed by atoms with Crippen LogP contribution in [-0.4, -0.2) is 48.0 Å². The van der Waals surface area contributed by atoms with E-state index in [1.54, 1.807) is 0 Å². The minimum atomic E-state index is 0.0168. The monoisotopic (exact) mass is 379 g/mol. The molecule has 1 N–H and O–H groups in total. The van der Waals surface area contributed by atoms with Crippen molar-refractivity contribution in [2.75, 3.05) is 13.1 Å². The fraction of sp³-hybridized carbons (Fsp3) is 0.619. The lowest BCUT2D eigenvalue weighted by Gasteiger charge is -2.31. The standard InChI is InChI=1S/C21H29N7/c1-21(2,3)17-6-7-18-23-25-20(28(18)26-17)15-8-10-27(11-9-15)13-16-12-22-24-19(16)14-4-5-14/h6-7,12,14-15H,4-5,8-11,13H2,1-3H3,(H,22,24). The predicted octanol–water partition coefficient (Wildman–Crippen LogP) is 3.40. The van der Waals surface area contributed by atoms with E-state index in [1.807, 2.05) is 16.8 Å². The number of piperidine rings is 1. The van der Waals surface area contributed by atoms with Crippen molar-refractivity contribution in [3.05, 3.63) is 41.1 Å². The van der Waals surface area contributed by atoms with E-state index < -0.39 is 0 Å². The van der Waals surface area contributed by atoms with Gasteiger partial charge in [0, 0.05) is 35.1 Å². The summed E-state index contributed by atoms with van der Waals surface area (Å²) in [5.41, 5.74) is 4.68. The molecule has 7 nitrogen and oxygen atoms in total. The second-order valence-electron chi connectivity index (χ2n) is 9.43. The molecule has 28 heavy (non-hydrogen) atoms. The number of hydrogen-bond donors (Lipinski definition) is 1. The molecule has 3 aromatic rings. The van der Waals surface area contributed by atoms with Gasteiger partial charge < -0.3 is 0 Å². The van der Waals surface area contributed by atoms with Crippen LogP contribution in [0.5, 0.6) is 0 Å². The molecule has 1 saturated carbocycles. The third-order valence-corrected chi connectivity index (χ3v) is 6.14. The number of likely N-dealkylation sites (tertiary alicyclic amines) is 1. The van der Waals surface area contributed by atoms with Crippen LogP contribution in [0.4, 0.5) is 0 Å². The first-order valence-electron chi connectivity index (χ1n) is 10.5. The average Bonchev–Trinajstić information content (AvgIpc) is 3.26. The van der Waals surface area contributed by atoms with Gasteiger partial charge in [-0.1, -0.05) is 20.8 Å². The van der Waals surface area contributed by atoms with Gasteiger partial charge in [0.2, 0.25) is 0 Å². The predicted molar refractivity (Wildman–Crippen MR) is 107 cm³/mol. The second-order valence-corrected chi connectivity index (χ2v) is 9.43. The molecule has 0 radical (unpaired) electrons. The first kappa shape index (κ1) is 17.8. The van der Waals surface area contributed by atoms with Crippen molar-refractivity contribution in [1.29, 1.82) is 0 Å². The smallest absolute Gasteiger partial charge is 0.177 e. The molecule has 0 amide bonds. The minimum absolute atomic E-state index is 0.0168. The van der Waals surface area contributed by atoms with Gasteiger partial charge in [0.25, 0.3) is 0 Å². The van der Waals surface area contributed by atoms with Gasteiger partial charge in [0.05, 0.1) is 11.9 Å². The van der Waals surface area contributed by atoms with Crippen molar-refractivity contribution in [3.8, 4) is 0 Å². The Hall–Kier alpha value is -2.28. The summed E-state index contributed by atoms with van der Waals surface area (Å²) >= 11 is 0. The highest BCUT2D eigenvalue weighted by molar-refractivity contribution is 5.38. The molecule has 4 heterocycles. The van der Waals surface area contributed by atoms with E-state index in [1.165, 1.54) is 24.1 Å². The SMILES string of the molecule is CC(C)(C)c1ccc2nnc(C3CCN(Cc4cn[nH]c4C4CC4)CC3)n2n1. The summed E-state index contributed by atoms with van der Waals surface area (Å²) in [6.45, 7) is 9.73. The fourth-order valence-electron chi connectivity index (χ4n) is 4.22. The van der Waals surface area contributed by atoms with E-state index >= 15 is 0 Å². The largest absolute Gasteiger partial charge is 0.299 e. The van der Waals surface area contributed by atoms with Gasteiger partial charge in [0.1, 0.15) is 0 Å². The highest BCUT2D eigenvalue weighted by Crippen LogP contribution is 2.41. The number of rotatable bonds is 4. The maximum Gasteiger partial charge on any atom is 0.177 e. The summed E-state index contributed by atoms with van der Waals surface area (Å²) in [6, 6.07) is 4.11. The highest BCUT2D eigenvalue weighted by Gasteiger charge is 2.30. The van der Waals surface area contributed by atoms with Crippen molar-refractivity contribution < 1.29 is 0 Å². The zero-order valence-corrected chi connectivity index (χ0v) is 17.0. The summed E-state index contributed by atoms with van der Waals surface area (Å²) in [7, 11) is 0. The lowest BCUT2D eigenvalue weighted by Crippen LogP contribution is -2.33. The van der Waals surface area contributed by atoms with E-state index in [0.717, 1.165) is 55.6 Å².